The van der Waals surface area contributed by atoms with Crippen molar-refractivity contribution in [3.05, 3.63) is 12.8 Å². The molecule has 4 heteroatoms. The zero-order chi connectivity index (χ0) is 12.1. The minimum atomic E-state index is 0.731. The van der Waals surface area contributed by atoms with Crippen LogP contribution < -0.4 is 11.6 Å². The van der Waals surface area contributed by atoms with Crippen LogP contribution in [0.4, 0.5) is 0 Å². The van der Waals surface area contributed by atoms with Gasteiger partial charge in [0, 0.05) is 13.2 Å². The van der Waals surface area contributed by atoms with E-state index in [-0.39, 0.29) is 0 Å². The molecular weight excluding hydrogens is 188 g/mol. The largest absolute Gasteiger partial charge is 0.330 e. The van der Waals surface area contributed by atoms with Gasteiger partial charge in [0.25, 0.3) is 0 Å². The number of nitrogens with zero attached hydrogens (tertiary/aromatic N) is 2. The molecule has 90 valence electrons. The number of nitrogens with two attached hydrogens (primary N) is 2. The third-order valence-corrected chi connectivity index (χ3v) is 1.81. The van der Waals surface area contributed by atoms with E-state index in [9.17, 15) is 0 Å². The normalized spacial score (nSPS) is 11.8. The summed E-state index contributed by atoms with van der Waals surface area (Å²) in [5.41, 5.74) is 5.41. The summed E-state index contributed by atoms with van der Waals surface area (Å²) in [6.45, 7) is 8.62. The van der Waals surface area contributed by atoms with Crippen molar-refractivity contribution in [2.75, 3.05) is 13.6 Å². The first kappa shape index (κ1) is 16.6. The summed E-state index contributed by atoms with van der Waals surface area (Å²) in [4.78, 5) is 3.61. The van der Waals surface area contributed by atoms with E-state index in [2.05, 4.69) is 25.4 Å². The second kappa shape index (κ2) is 13.1. The van der Waals surface area contributed by atoms with E-state index in [4.69, 9.17) is 11.6 Å². The van der Waals surface area contributed by atoms with Crippen LogP contribution in [0.3, 0.4) is 0 Å². The molecule has 0 aliphatic rings. The average molecular weight is 214 g/mol. The fourth-order valence-electron chi connectivity index (χ4n) is 0.823. The summed E-state index contributed by atoms with van der Waals surface area (Å²) in [6.07, 6.45) is 6.81. The summed E-state index contributed by atoms with van der Waals surface area (Å²) in [5.74, 6) is 5.85. The summed E-state index contributed by atoms with van der Waals surface area (Å²) in [7, 11) is 1.69. The molecule has 1 atom stereocenters. The lowest BCUT2D eigenvalue weighted by atomic mass is 10.1. The average Bonchev–Trinajstić information content (AvgIpc) is 2.23. The van der Waals surface area contributed by atoms with Crippen molar-refractivity contribution >= 4 is 6.34 Å². The lowest BCUT2D eigenvalue weighted by molar-refractivity contribution is 0.516. The van der Waals surface area contributed by atoms with Crippen LogP contribution in [0.15, 0.2) is 17.8 Å². The van der Waals surface area contributed by atoms with Crippen LogP contribution in [0.2, 0.25) is 0 Å². The third kappa shape index (κ3) is 19.5. The second-order valence-electron chi connectivity index (χ2n) is 3.60. The molecule has 0 aliphatic heterocycles. The SMILES string of the molecule is C=CN=CN(C)N.CCCCC(C)CN. The molecule has 0 radical (unpaired) electrons. The lowest BCUT2D eigenvalue weighted by Gasteiger charge is -2.04. The van der Waals surface area contributed by atoms with Crippen molar-refractivity contribution in [3.63, 3.8) is 0 Å². The van der Waals surface area contributed by atoms with Crippen molar-refractivity contribution in [1.82, 2.24) is 5.01 Å². The first-order valence-corrected chi connectivity index (χ1v) is 5.40. The van der Waals surface area contributed by atoms with Gasteiger partial charge in [0.15, 0.2) is 0 Å². The van der Waals surface area contributed by atoms with Crippen LogP contribution in [0.5, 0.6) is 0 Å². The van der Waals surface area contributed by atoms with Crippen LogP contribution in [0, 0.1) is 5.92 Å². The molecule has 4 nitrogen and oxygen atoms in total. The molecule has 0 saturated heterocycles. The van der Waals surface area contributed by atoms with Gasteiger partial charge in [0.1, 0.15) is 6.34 Å². The molecule has 0 fully saturated rings. The quantitative estimate of drug-likeness (QED) is 0.306. The van der Waals surface area contributed by atoms with Crippen LogP contribution in [-0.2, 0) is 0 Å². The first-order valence-electron chi connectivity index (χ1n) is 5.40. The van der Waals surface area contributed by atoms with Crippen LogP contribution in [0.1, 0.15) is 33.1 Å². The van der Waals surface area contributed by atoms with Gasteiger partial charge < -0.3 is 10.7 Å². The van der Waals surface area contributed by atoms with Gasteiger partial charge in [0.2, 0.25) is 0 Å². The minimum absolute atomic E-state index is 0.731. The number of hydrazine groups is 1. The predicted octanol–water partition coefficient (Wildman–Crippen LogP) is 1.74. The highest BCUT2D eigenvalue weighted by Gasteiger charge is 1.94. The van der Waals surface area contributed by atoms with Crippen molar-refractivity contribution in [2.24, 2.45) is 22.5 Å². The Morgan fingerprint density at radius 2 is 2.13 bits per heavy atom. The molecule has 0 rings (SSSR count). The molecule has 0 bridgehead atoms. The number of unbranched alkanes of at least 4 members (excludes halogenated alkanes) is 1. The van der Waals surface area contributed by atoms with Crippen molar-refractivity contribution < 1.29 is 0 Å². The van der Waals surface area contributed by atoms with Crippen LogP contribution >= 0.6 is 0 Å². The number of aliphatic imine (C=N–C) groups is 1. The van der Waals surface area contributed by atoms with E-state index in [1.165, 1.54) is 36.8 Å². The Bertz CT molecular complexity index is 155. The molecule has 0 amide bonds. The van der Waals surface area contributed by atoms with Crippen molar-refractivity contribution in [1.29, 1.82) is 0 Å². The Morgan fingerprint density at radius 3 is 2.40 bits per heavy atom. The van der Waals surface area contributed by atoms with Gasteiger partial charge in [-0.3, -0.25) is 0 Å². The maximum absolute atomic E-state index is 5.41. The Hall–Kier alpha value is -0.870. The Morgan fingerprint density at radius 1 is 1.53 bits per heavy atom. The molecular formula is C11H26N4. The molecule has 0 aromatic rings. The van der Waals surface area contributed by atoms with Gasteiger partial charge in [-0.15, -0.1) is 0 Å². The predicted molar refractivity (Wildman–Crippen MR) is 68.4 cm³/mol. The van der Waals surface area contributed by atoms with E-state index in [0.29, 0.717) is 0 Å². The molecule has 1 unspecified atom stereocenters. The van der Waals surface area contributed by atoms with Gasteiger partial charge in [-0.05, 0) is 18.9 Å². The fourth-order valence-corrected chi connectivity index (χ4v) is 0.823. The van der Waals surface area contributed by atoms with Gasteiger partial charge in [-0.25, -0.2) is 10.8 Å². The molecule has 0 spiro atoms. The topological polar surface area (TPSA) is 67.6 Å². The third-order valence-electron chi connectivity index (χ3n) is 1.81. The van der Waals surface area contributed by atoms with Crippen molar-refractivity contribution in [3.8, 4) is 0 Å². The van der Waals surface area contributed by atoms with Gasteiger partial charge in [-0.2, -0.15) is 0 Å². The van der Waals surface area contributed by atoms with E-state index in [1.807, 2.05) is 0 Å². The summed E-state index contributed by atoms with van der Waals surface area (Å²) in [6, 6.07) is 0. The minimum Gasteiger partial charge on any atom is -0.330 e. The Kier molecular flexibility index (Phi) is 14.5. The van der Waals surface area contributed by atoms with E-state index in [0.717, 1.165) is 12.5 Å². The highest BCUT2D eigenvalue weighted by atomic mass is 15.4. The number of hydrogen-bond acceptors (Lipinski definition) is 3. The Balaban J connectivity index is 0. The Labute approximate surface area is 94.0 Å². The van der Waals surface area contributed by atoms with E-state index < -0.39 is 0 Å². The second-order valence-corrected chi connectivity index (χ2v) is 3.60. The molecule has 15 heavy (non-hydrogen) atoms. The first-order chi connectivity index (χ1) is 7.08. The number of hydrogen-bond donors (Lipinski definition) is 2. The van der Waals surface area contributed by atoms with E-state index >= 15 is 0 Å². The van der Waals surface area contributed by atoms with Crippen LogP contribution in [-0.4, -0.2) is 24.9 Å². The fraction of sp³-hybridized carbons (Fsp3) is 0.727. The van der Waals surface area contributed by atoms with Gasteiger partial charge in [-0.1, -0.05) is 33.3 Å². The van der Waals surface area contributed by atoms with Crippen LogP contribution in [0.25, 0.3) is 0 Å². The van der Waals surface area contributed by atoms with Gasteiger partial charge >= 0.3 is 0 Å². The zero-order valence-electron chi connectivity index (χ0n) is 10.3. The zero-order valence-corrected chi connectivity index (χ0v) is 10.3. The maximum atomic E-state index is 5.41. The summed E-state index contributed by atoms with van der Waals surface area (Å²) < 4.78 is 0. The molecule has 0 aromatic carbocycles. The maximum Gasteiger partial charge on any atom is 0.104 e. The molecule has 4 N–H and O–H groups in total. The summed E-state index contributed by atoms with van der Waals surface area (Å²) >= 11 is 0. The standard InChI is InChI=1S/C7H17N.C4H9N3/c1-3-4-5-7(2)6-8;1-3-6-4-7(2)5/h7H,3-6,8H2,1-2H3;3-4H,1,5H2,2H3. The molecule has 0 saturated carbocycles. The lowest BCUT2D eigenvalue weighted by Crippen LogP contribution is -2.23. The highest BCUT2D eigenvalue weighted by Crippen LogP contribution is 2.04. The number of rotatable bonds is 6. The molecule has 0 heterocycles. The monoisotopic (exact) mass is 214 g/mol. The van der Waals surface area contributed by atoms with E-state index in [1.54, 1.807) is 7.05 Å². The summed E-state index contributed by atoms with van der Waals surface area (Å²) in [5, 5.41) is 1.35. The smallest absolute Gasteiger partial charge is 0.104 e. The van der Waals surface area contributed by atoms with Gasteiger partial charge in [0.05, 0.1) is 0 Å². The molecule has 0 aliphatic carbocycles. The molecule has 0 aromatic heterocycles. The van der Waals surface area contributed by atoms with Crippen molar-refractivity contribution in [2.45, 2.75) is 33.1 Å². The highest BCUT2D eigenvalue weighted by molar-refractivity contribution is 5.53.